The van der Waals surface area contributed by atoms with Crippen molar-refractivity contribution in [3.05, 3.63) is 70.5 Å². The summed E-state index contributed by atoms with van der Waals surface area (Å²) in [4.78, 5) is 25.0. The molecule has 0 saturated carbocycles. The number of nitrogens with zero attached hydrogens (tertiary/aromatic N) is 1. The van der Waals surface area contributed by atoms with Crippen LogP contribution in [0.1, 0.15) is 29.8 Å². The van der Waals surface area contributed by atoms with Gasteiger partial charge in [-0.1, -0.05) is 38.6 Å². The molecule has 0 heterocycles. The number of carbonyl (C=O) groups excluding carboxylic acids is 2. The first-order chi connectivity index (χ1) is 15.3. The zero-order chi connectivity index (χ0) is 23.7. The molecule has 0 spiro atoms. The highest BCUT2D eigenvalue weighted by Crippen LogP contribution is 2.36. The number of hydrazone groups is 1. The summed E-state index contributed by atoms with van der Waals surface area (Å²) in [6.45, 7) is 7.45. The van der Waals surface area contributed by atoms with Crippen molar-refractivity contribution in [1.29, 1.82) is 0 Å². The molecule has 1 unspecified atom stereocenters. The van der Waals surface area contributed by atoms with Gasteiger partial charge >= 0.3 is 0 Å². The van der Waals surface area contributed by atoms with E-state index in [1.54, 1.807) is 38.1 Å². The summed E-state index contributed by atoms with van der Waals surface area (Å²) in [5.41, 5.74) is 2.91. The lowest BCUT2D eigenvalue weighted by Crippen LogP contribution is -2.48. The largest absolute Gasteiger partial charge is 0.493 e. The fourth-order valence-electron chi connectivity index (χ4n) is 2.74. The van der Waals surface area contributed by atoms with E-state index in [0.717, 1.165) is 0 Å². The van der Waals surface area contributed by atoms with E-state index in [2.05, 4.69) is 38.4 Å². The number of methoxy groups -OCH3 is 1. The normalized spacial score (nSPS) is 11.8. The van der Waals surface area contributed by atoms with E-state index in [-0.39, 0.29) is 11.5 Å². The molecule has 32 heavy (non-hydrogen) atoms. The van der Waals surface area contributed by atoms with Crippen LogP contribution in [-0.4, -0.2) is 37.8 Å². The molecule has 0 aliphatic heterocycles. The SMILES string of the molecule is C=CCOc1c(Br)cc(C=NNC(=O)C(NC(=O)c2ccccc2F)C(C)C)cc1OC. The Balaban J connectivity index is 2.10. The van der Waals surface area contributed by atoms with Crippen molar-refractivity contribution in [2.45, 2.75) is 19.9 Å². The van der Waals surface area contributed by atoms with Gasteiger partial charge < -0.3 is 14.8 Å². The van der Waals surface area contributed by atoms with Crippen molar-refractivity contribution in [2.75, 3.05) is 13.7 Å². The molecule has 2 aromatic carbocycles. The molecule has 0 saturated heterocycles. The molecular weight excluding hydrogens is 481 g/mol. The van der Waals surface area contributed by atoms with Crippen molar-refractivity contribution >= 4 is 34.0 Å². The number of amides is 2. The van der Waals surface area contributed by atoms with Gasteiger partial charge in [-0.05, 0) is 51.7 Å². The predicted octanol–water partition coefficient (Wildman–Crippen LogP) is 4.07. The number of rotatable bonds is 10. The molecule has 2 amide bonds. The minimum Gasteiger partial charge on any atom is -0.493 e. The maximum Gasteiger partial charge on any atom is 0.262 e. The first-order valence-corrected chi connectivity index (χ1v) is 10.6. The molecule has 0 fully saturated rings. The highest BCUT2D eigenvalue weighted by molar-refractivity contribution is 9.10. The Labute approximate surface area is 194 Å². The van der Waals surface area contributed by atoms with Crippen molar-refractivity contribution in [2.24, 2.45) is 11.0 Å². The third-order valence-electron chi connectivity index (χ3n) is 4.34. The molecule has 2 rings (SSSR count). The number of ether oxygens (including phenoxy) is 2. The number of benzene rings is 2. The average molecular weight is 506 g/mol. The number of nitrogens with one attached hydrogen (secondary N) is 2. The number of halogens is 2. The lowest BCUT2D eigenvalue weighted by atomic mass is 10.0. The molecule has 0 radical (unpaired) electrons. The summed E-state index contributed by atoms with van der Waals surface area (Å²) in [5, 5.41) is 6.53. The smallest absolute Gasteiger partial charge is 0.262 e. The van der Waals surface area contributed by atoms with Crippen molar-refractivity contribution in [3.8, 4) is 11.5 Å². The Kier molecular flexibility index (Phi) is 9.39. The molecule has 1 atom stereocenters. The molecule has 0 bridgehead atoms. The van der Waals surface area contributed by atoms with Crippen LogP contribution < -0.4 is 20.2 Å². The number of hydrogen-bond donors (Lipinski definition) is 2. The van der Waals surface area contributed by atoms with Gasteiger partial charge in [0.15, 0.2) is 11.5 Å². The van der Waals surface area contributed by atoms with Gasteiger partial charge in [0, 0.05) is 0 Å². The van der Waals surface area contributed by atoms with Crippen LogP contribution in [0.15, 0.2) is 58.6 Å². The van der Waals surface area contributed by atoms with Gasteiger partial charge in [0.1, 0.15) is 18.5 Å². The minimum atomic E-state index is -0.907. The van der Waals surface area contributed by atoms with Gasteiger partial charge in [-0.3, -0.25) is 9.59 Å². The monoisotopic (exact) mass is 505 g/mol. The highest BCUT2D eigenvalue weighted by Gasteiger charge is 2.25. The van der Waals surface area contributed by atoms with Crippen LogP contribution in [0.3, 0.4) is 0 Å². The standard InChI is InChI=1S/C23H25BrFN3O4/c1-5-10-32-21-17(24)11-15(12-19(21)31-4)13-26-28-23(30)20(14(2)3)27-22(29)16-8-6-7-9-18(16)25/h5-9,11-14,20H,1,10H2,2-4H3,(H,27,29)(H,28,30). The zero-order valence-electron chi connectivity index (χ0n) is 18.0. The van der Waals surface area contributed by atoms with Gasteiger partial charge in [0.05, 0.1) is 23.4 Å². The first-order valence-electron chi connectivity index (χ1n) is 9.78. The van der Waals surface area contributed by atoms with Crippen molar-refractivity contribution in [1.82, 2.24) is 10.7 Å². The van der Waals surface area contributed by atoms with Crippen LogP contribution in [0, 0.1) is 11.7 Å². The van der Waals surface area contributed by atoms with Crippen molar-refractivity contribution < 1.29 is 23.5 Å². The number of carbonyl (C=O) groups is 2. The van der Waals surface area contributed by atoms with Crippen LogP contribution >= 0.6 is 15.9 Å². The Bertz CT molecular complexity index is 1010. The quantitative estimate of drug-likeness (QED) is 0.289. The van der Waals surface area contributed by atoms with E-state index in [4.69, 9.17) is 9.47 Å². The van der Waals surface area contributed by atoms with Crippen LogP contribution in [0.2, 0.25) is 0 Å². The summed E-state index contributed by atoms with van der Waals surface area (Å²) in [5.74, 6) is -1.12. The van der Waals surface area contributed by atoms with E-state index >= 15 is 0 Å². The maximum absolute atomic E-state index is 13.9. The maximum atomic E-state index is 13.9. The minimum absolute atomic E-state index is 0.134. The van der Waals surface area contributed by atoms with Crippen LogP contribution in [0.25, 0.3) is 0 Å². The van der Waals surface area contributed by atoms with Gasteiger partial charge in [-0.15, -0.1) is 0 Å². The lowest BCUT2D eigenvalue weighted by Gasteiger charge is -2.20. The topological polar surface area (TPSA) is 89.0 Å². The van der Waals surface area contributed by atoms with E-state index in [9.17, 15) is 14.0 Å². The summed E-state index contributed by atoms with van der Waals surface area (Å²) in [6, 6.07) is 8.10. The highest BCUT2D eigenvalue weighted by atomic mass is 79.9. The third-order valence-corrected chi connectivity index (χ3v) is 4.93. The van der Waals surface area contributed by atoms with E-state index < -0.39 is 23.7 Å². The molecular formula is C23H25BrFN3O4. The Morgan fingerprint density at radius 2 is 2.00 bits per heavy atom. The Hall–Kier alpha value is -3.20. The molecule has 9 heteroatoms. The van der Waals surface area contributed by atoms with Gasteiger partial charge in [0.2, 0.25) is 0 Å². The molecule has 170 valence electrons. The summed E-state index contributed by atoms with van der Waals surface area (Å²) in [6.07, 6.45) is 3.05. The lowest BCUT2D eigenvalue weighted by molar-refractivity contribution is -0.123. The molecule has 0 aliphatic carbocycles. The molecule has 0 aliphatic rings. The molecule has 7 nitrogen and oxygen atoms in total. The second-order valence-electron chi connectivity index (χ2n) is 7.04. The first kappa shape index (κ1) is 25.1. The third kappa shape index (κ3) is 6.65. The van der Waals surface area contributed by atoms with Crippen molar-refractivity contribution in [3.63, 3.8) is 0 Å². The van der Waals surface area contributed by atoms with Crippen LogP contribution in [0.5, 0.6) is 11.5 Å². The second-order valence-corrected chi connectivity index (χ2v) is 7.90. The predicted molar refractivity (Wildman–Crippen MR) is 125 cm³/mol. The van der Waals surface area contributed by atoms with Crippen LogP contribution in [0.4, 0.5) is 4.39 Å². The fourth-order valence-corrected chi connectivity index (χ4v) is 3.31. The van der Waals surface area contributed by atoms with E-state index in [1.165, 1.54) is 31.5 Å². The van der Waals surface area contributed by atoms with E-state index in [0.29, 0.717) is 28.1 Å². The summed E-state index contributed by atoms with van der Waals surface area (Å²) >= 11 is 3.42. The average Bonchev–Trinajstić information content (AvgIpc) is 2.76. The Morgan fingerprint density at radius 3 is 2.62 bits per heavy atom. The zero-order valence-corrected chi connectivity index (χ0v) is 19.6. The van der Waals surface area contributed by atoms with Gasteiger partial charge in [-0.25, -0.2) is 9.82 Å². The Morgan fingerprint density at radius 1 is 1.28 bits per heavy atom. The summed E-state index contributed by atoms with van der Waals surface area (Å²) < 4.78 is 25.4. The number of hydrogen-bond acceptors (Lipinski definition) is 5. The molecule has 0 aromatic heterocycles. The van der Waals surface area contributed by atoms with E-state index in [1.807, 2.05) is 0 Å². The van der Waals surface area contributed by atoms with Crippen LogP contribution in [-0.2, 0) is 4.79 Å². The fraction of sp³-hybridized carbons (Fsp3) is 0.261. The van der Waals surface area contributed by atoms with Gasteiger partial charge in [0.25, 0.3) is 11.8 Å². The molecule has 2 aromatic rings. The summed E-state index contributed by atoms with van der Waals surface area (Å²) in [7, 11) is 1.51. The van der Waals surface area contributed by atoms with Gasteiger partial charge in [-0.2, -0.15) is 5.10 Å². The molecule has 2 N–H and O–H groups in total. The second kappa shape index (κ2) is 12.0.